The van der Waals surface area contributed by atoms with Crippen LogP contribution in [0.25, 0.3) is 11.1 Å². The number of nitrogens with one attached hydrogen (secondary N) is 2. The van der Waals surface area contributed by atoms with Crippen LogP contribution in [0.15, 0.2) is 42.5 Å². The lowest BCUT2D eigenvalue weighted by molar-refractivity contribution is -0.143. The first kappa shape index (κ1) is 31.3. The topological polar surface area (TPSA) is 95.5 Å². The highest BCUT2D eigenvalue weighted by Gasteiger charge is 2.35. The van der Waals surface area contributed by atoms with Crippen LogP contribution in [0.3, 0.4) is 0 Å². The number of likely N-dealkylation sites (N-methyl/N-ethyl adjacent to an activating group) is 1. The molecule has 0 saturated carbocycles. The highest BCUT2D eigenvalue weighted by Crippen LogP contribution is 2.28. The molecule has 2 amide bonds. The molecule has 6 nitrogen and oxygen atoms in total. The van der Waals surface area contributed by atoms with Gasteiger partial charge in [-0.05, 0) is 59.9 Å². The zero-order valence-corrected chi connectivity index (χ0v) is 23.7. The normalized spacial score (nSPS) is 13.9. The molecule has 8 heteroatoms. The molecule has 0 radical (unpaired) electrons. The van der Waals surface area contributed by atoms with Gasteiger partial charge in [0.2, 0.25) is 11.8 Å². The standard InChI is InChI=1S/C30H40ClFN2O4/c1-6-7-8-23(29(37)38)17-22(27(35)34-26(28(36)33-5)30(2,3)4)14-11-19-9-12-20(13-10-19)21-15-16-25(32)24(31)18-21/h9-10,12-13,15-16,18,22-23,26H,6-8,11,14,17H2,1-5H3,(H,33,36)(H,34,35)(H,37,38)/t22-,23+,26-/m1/s1. The fraction of sp³-hybridized carbons (Fsp3) is 0.500. The molecule has 0 spiro atoms. The molecule has 0 unspecified atom stereocenters. The number of hydrogen-bond acceptors (Lipinski definition) is 3. The molecule has 2 aromatic carbocycles. The molecular weight excluding hydrogens is 507 g/mol. The Morgan fingerprint density at radius 3 is 2.13 bits per heavy atom. The fourth-order valence-electron chi connectivity index (χ4n) is 4.45. The van der Waals surface area contributed by atoms with Crippen LogP contribution < -0.4 is 10.6 Å². The SMILES string of the molecule is CCCC[C@@H](C[C@@H](CCc1ccc(-c2ccc(F)c(Cl)c2)cc1)C(=O)N[C@H](C(=O)NC)C(C)(C)C)C(=O)O. The van der Waals surface area contributed by atoms with E-state index in [4.69, 9.17) is 11.6 Å². The second-order valence-corrected chi connectivity index (χ2v) is 11.3. The highest BCUT2D eigenvalue weighted by atomic mass is 35.5. The first-order chi connectivity index (χ1) is 17.9. The lowest BCUT2D eigenvalue weighted by Crippen LogP contribution is -2.54. The molecule has 0 aromatic heterocycles. The van der Waals surface area contributed by atoms with Gasteiger partial charge in [-0.15, -0.1) is 0 Å². The van der Waals surface area contributed by atoms with Crippen molar-refractivity contribution < 1.29 is 23.9 Å². The van der Waals surface area contributed by atoms with Gasteiger partial charge in [0, 0.05) is 13.0 Å². The number of carbonyl (C=O) groups excluding carboxylic acids is 2. The number of carboxylic acid groups (broad SMARTS) is 1. The van der Waals surface area contributed by atoms with Crippen LogP contribution in [0.5, 0.6) is 0 Å². The summed E-state index contributed by atoms with van der Waals surface area (Å²) in [4.78, 5) is 37.9. The minimum absolute atomic E-state index is 0.0572. The van der Waals surface area contributed by atoms with Gasteiger partial charge >= 0.3 is 5.97 Å². The lowest BCUT2D eigenvalue weighted by atomic mass is 9.83. The van der Waals surface area contributed by atoms with E-state index in [0.29, 0.717) is 19.3 Å². The van der Waals surface area contributed by atoms with Crippen LogP contribution >= 0.6 is 11.6 Å². The summed E-state index contributed by atoms with van der Waals surface area (Å²) in [6.45, 7) is 7.63. The maximum Gasteiger partial charge on any atom is 0.306 e. The Morgan fingerprint density at radius 1 is 0.974 bits per heavy atom. The summed E-state index contributed by atoms with van der Waals surface area (Å²) >= 11 is 5.92. The Kier molecular flexibility index (Phi) is 11.8. The summed E-state index contributed by atoms with van der Waals surface area (Å²) in [5, 5.41) is 15.4. The molecule has 0 aliphatic rings. The van der Waals surface area contributed by atoms with Crippen molar-refractivity contribution in [3.05, 3.63) is 58.9 Å². The Labute approximate surface area is 230 Å². The van der Waals surface area contributed by atoms with Crippen molar-refractivity contribution in [1.82, 2.24) is 10.6 Å². The van der Waals surface area contributed by atoms with Gasteiger partial charge in [-0.25, -0.2) is 4.39 Å². The van der Waals surface area contributed by atoms with E-state index in [1.807, 2.05) is 52.0 Å². The number of halogens is 2. The van der Waals surface area contributed by atoms with E-state index < -0.39 is 35.1 Å². The summed E-state index contributed by atoms with van der Waals surface area (Å²) in [6.07, 6.45) is 3.34. The monoisotopic (exact) mass is 546 g/mol. The molecular formula is C30H40ClFN2O4. The van der Waals surface area contributed by atoms with Gasteiger partial charge in [-0.3, -0.25) is 14.4 Å². The second kappa shape index (κ2) is 14.3. The predicted octanol–water partition coefficient (Wildman–Crippen LogP) is 6.25. The van der Waals surface area contributed by atoms with Crippen LogP contribution in [0.2, 0.25) is 5.02 Å². The number of aliphatic carboxylic acids is 1. The van der Waals surface area contributed by atoms with Gasteiger partial charge in [-0.1, -0.05) is 82.5 Å². The first-order valence-corrected chi connectivity index (χ1v) is 13.5. The van der Waals surface area contributed by atoms with Gasteiger partial charge < -0.3 is 15.7 Å². The predicted molar refractivity (Wildman–Crippen MR) is 149 cm³/mol. The molecule has 0 aliphatic carbocycles. The van der Waals surface area contributed by atoms with E-state index in [1.165, 1.54) is 13.1 Å². The van der Waals surface area contributed by atoms with E-state index in [2.05, 4.69) is 10.6 Å². The molecule has 3 atom stereocenters. The van der Waals surface area contributed by atoms with Gasteiger partial charge in [0.05, 0.1) is 10.9 Å². The Hall–Kier alpha value is -2.93. The third-order valence-corrected chi connectivity index (χ3v) is 7.13. The Morgan fingerprint density at radius 2 is 1.61 bits per heavy atom. The average molecular weight is 547 g/mol. The first-order valence-electron chi connectivity index (χ1n) is 13.2. The quantitative estimate of drug-likeness (QED) is 0.276. The minimum Gasteiger partial charge on any atom is -0.481 e. The van der Waals surface area contributed by atoms with Crippen LogP contribution in [-0.2, 0) is 20.8 Å². The molecule has 0 aliphatic heterocycles. The summed E-state index contributed by atoms with van der Waals surface area (Å²) < 4.78 is 13.5. The van der Waals surface area contributed by atoms with Crippen molar-refractivity contribution >= 4 is 29.4 Å². The fourth-order valence-corrected chi connectivity index (χ4v) is 4.63. The molecule has 0 bridgehead atoms. The molecule has 208 valence electrons. The van der Waals surface area contributed by atoms with Crippen molar-refractivity contribution in [2.45, 2.75) is 72.3 Å². The number of carbonyl (C=O) groups is 3. The van der Waals surface area contributed by atoms with E-state index in [1.54, 1.807) is 12.1 Å². The maximum absolute atomic E-state index is 13.5. The Balaban J connectivity index is 2.22. The van der Waals surface area contributed by atoms with Crippen LogP contribution in [0, 0.1) is 23.1 Å². The molecule has 0 saturated heterocycles. The Bertz CT molecular complexity index is 1100. The molecule has 2 aromatic rings. The van der Waals surface area contributed by atoms with Gasteiger partial charge in [0.15, 0.2) is 0 Å². The smallest absolute Gasteiger partial charge is 0.306 e. The van der Waals surface area contributed by atoms with Crippen molar-refractivity contribution in [3.8, 4) is 11.1 Å². The van der Waals surface area contributed by atoms with E-state index in [0.717, 1.165) is 29.5 Å². The minimum atomic E-state index is -0.905. The number of hydrogen-bond donors (Lipinski definition) is 3. The second-order valence-electron chi connectivity index (χ2n) is 10.9. The van der Waals surface area contributed by atoms with Crippen LogP contribution in [-0.4, -0.2) is 36.0 Å². The number of benzene rings is 2. The van der Waals surface area contributed by atoms with Gasteiger partial charge in [-0.2, -0.15) is 0 Å². The van der Waals surface area contributed by atoms with E-state index >= 15 is 0 Å². The lowest BCUT2D eigenvalue weighted by Gasteiger charge is -2.31. The van der Waals surface area contributed by atoms with E-state index in [-0.39, 0.29) is 23.3 Å². The largest absolute Gasteiger partial charge is 0.481 e. The molecule has 3 N–H and O–H groups in total. The maximum atomic E-state index is 13.5. The third kappa shape index (κ3) is 9.12. The summed E-state index contributed by atoms with van der Waals surface area (Å²) in [6, 6.07) is 11.5. The van der Waals surface area contributed by atoms with Crippen molar-refractivity contribution in [1.29, 1.82) is 0 Å². The van der Waals surface area contributed by atoms with Crippen molar-refractivity contribution in [2.75, 3.05) is 7.05 Å². The van der Waals surface area contributed by atoms with Gasteiger partial charge in [0.25, 0.3) is 0 Å². The zero-order valence-electron chi connectivity index (χ0n) is 22.9. The van der Waals surface area contributed by atoms with Crippen molar-refractivity contribution in [2.24, 2.45) is 17.3 Å². The van der Waals surface area contributed by atoms with Crippen LogP contribution in [0.1, 0.15) is 65.4 Å². The number of amides is 2. The van der Waals surface area contributed by atoms with Crippen molar-refractivity contribution in [3.63, 3.8) is 0 Å². The molecule has 2 rings (SSSR count). The zero-order chi connectivity index (χ0) is 28.5. The summed E-state index contributed by atoms with van der Waals surface area (Å²) in [7, 11) is 1.53. The van der Waals surface area contributed by atoms with Gasteiger partial charge in [0.1, 0.15) is 11.9 Å². The van der Waals surface area contributed by atoms with Crippen LogP contribution in [0.4, 0.5) is 4.39 Å². The number of rotatable bonds is 13. The third-order valence-electron chi connectivity index (χ3n) is 6.84. The summed E-state index contributed by atoms with van der Waals surface area (Å²) in [5.41, 5.74) is 2.14. The summed E-state index contributed by atoms with van der Waals surface area (Å²) in [5.74, 6) is -3.18. The number of aryl methyl sites for hydroxylation is 1. The molecule has 38 heavy (non-hydrogen) atoms. The highest BCUT2D eigenvalue weighted by molar-refractivity contribution is 6.31. The number of unbranched alkanes of at least 4 members (excludes halogenated alkanes) is 1. The molecule has 0 fully saturated rings. The number of carboxylic acids is 1. The average Bonchev–Trinajstić information content (AvgIpc) is 2.87. The van der Waals surface area contributed by atoms with E-state index in [9.17, 15) is 23.9 Å². The molecule has 0 heterocycles.